The number of nitrogens with two attached hydrogens (primary N) is 2. The van der Waals surface area contributed by atoms with Gasteiger partial charge in [-0.3, -0.25) is 19.2 Å². The number of aliphatic carboxylic acids is 1. The molecule has 0 aliphatic heterocycles. The van der Waals surface area contributed by atoms with Gasteiger partial charge in [0.05, 0.1) is 19.2 Å². The molecule has 0 fully saturated rings. The standard InChI is InChI=1S/C15H27N5O7S/c1-28-5-4-8(16)13(24)18-6-12(23)19-10(7-21)14(25)20-9(15(26)27)2-3-11(17)22/h8-10,21H,2-7,16H2,1H3,(H2,17,22)(H,18,24)(H,19,23)(H,20,25)(H,26,27). The number of carboxylic acid groups (broad SMARTS) is 1. The molecule has 3 unspecified atom stereocenters. The van der Waals surface area contributed by atoms with E-state index in [-0.39, 0.29) is 12.8 Å². The van der Waals surface area contributed by atoms with E-state index in [9.17, 15) is 29.1 Å². The Bertz CT molecular complexity index is 575. The Hall–Kier alpha value is -2.38. The van der Waals surface area contributed by atoms with Crippen molar-refractivity contribution in [2.75, 3.05) is 25.2 Å². The van der Waals surface area contributed by atoms with Crippen molar-refractivity contribution in [3.8, 4) is 0 Å². The number of carbonyl (C=O) groups excluding carboxylic acids is 4. The Morgan fingerprint density at radius 3 is 2.18 bits per heavy atom. The van der Waals surface area contributed by atoms with E-state index in [1.165, 1.54) is 11.8 Å². The highest BCUT2D eigenvalue weighted by molar-refractivity contribution is 7.98. The summed E-state index contributed by atoms with van der Waals surface area (Å²) in [5.74, 6) is -3.73. The van der Waals surface area contributed by atoms with Crippen LogP contribution in [-0.2, 0) is 24.0 Å². The highest BCUT2D eigenvalue weighted by atomic mass is 32.2. The maximum atomic E-state index is 12.1. The van der Waals surface area contributed by atoms with E-state index >= 15 is 0 Å². The number of nitrogens with one attached hydrogen (secondary N) is 3. The number of hydrogen-bond donors (Lipinski definition) is 7. The molecule has 13 heteroatoms. The lowest BCUT2D eigenvalue weighted by Gasteiger charge is -2.20. The molecule has 4 amide bonds. The van der Waals surface area contributed by atoms with Crippen molar-refractivity contribution < 1.29 is 34.2 Å². The zero-order valence-corrected chi connectivity index (χ0v) is 16.3. The fraction of sp³-hybridized carbons (Fsp3) is 0.667. The number of carboxylic acids is 1. The predicted molar refractivity (Wildman–Crippen MR) is 101 cm³/mol. The molecule has 3 atom stereocenters. The second kappa shape index (κ2) is 13.7. The highest BCUT2D eigenvalue weighted by Gasteiger charge is 2.26. The van der Waals surface area contributed by atoms with Crippen molar-refractivity contribution in [2.45, 2.75) is 37.4 Å². The van der Waals surface area contributed by atoms with Crippen molar-refractivity contribution in [3.05, 3.63) is 0 Å². The van der Waals surface area contributed by atoms with Gasteiger partial charge in [0.2, 0.25) is 23.6 Å². The van der Waals surface area contributed by atoms with Gasteiger partial charge in [-0.1, -0.05) is 0 Å². The van der Waals surface area contributed by atoms with Crippen LogP contribution in [0.3, 0.4) is 0 Å². The van der Waals surface area contributed by atoms with Gasteiger partial charge in [0.1, 0.15) is 12.1 Å². The van der Waals surface area contributed by atoms with Crippen molar-refractivity contribution in [1.29, 1.82) is 0 Å². The monoisotopic (exact) mass is 421 g/mol. The Kier molecular flexibility index (Phi) is 12.6. The van der Waals surface area contributed by atoms with Crippen LogP contribution in [-0.4, -0.2) is 83.1 Å². The quantitative estimate of drug-likeness (QED) is 0.148. The highest BCUT2D eigenvalue weighted by Crippen LogP contribution is 1.99. The SMILES string of the molecule is CSCCC(N)C(=O)NCC(=O)NC(CO)C(=O)NC(CCC(N)=O)C(=O)O. The molecule has 0 spiro atoms. The van der Waals surface area contributed by atoms with Gasteiger partial charge < -0.3 is 37.6 Å². The van der Waals surface area contributed by atoms with Crippen LogP contribution in [0.5, 0.6) is 0 Å². The summed E-state index contributed by atoms with van der Waals surface area (Å²) in [7, 11) is 0. The maximum Gasteiger partial charge on any atom is 0.326 e. The first-order valence-corrected chi connectivity index (χ1v) is 9.75. The van der Waals surface area contributed by atoms with E-state index < -0.39 is 60.9 Å². The van der Waals surface area contributed by atoms with E-state index in [0.29, 0.717) is 12.2 Å². The molecule has 0 rings (SSSR count). The van der Waals surface area contributed by atoms with Crippen LogP contribution in [0.15, 0.2) is 0 Å². The van der Waals surface area contributed by atoms with Crippen LogP contribution >= 0.6 is 11.8 Å². The third-order valence-electron chi connectivity index (χ3n) is 3.52. The predicted octanol–water partition coefficient (Wildman–Crippen LogP) is -3.50. The molecule has 0 aromatic carbocycles. The van der Waals surface area contributed by atoms with Gasteiger partial charge in [0.15, 0.2) is 0 Å². The molecule has 0 saturated heterocycles. The third kappa shape index (κ3) is 10.7. The van der Waals surface area contributed by atoms with Gasteiger partial charge in [0, 0.05) is 6.42 Å². The topological polar surface area (TPSA) is 214 Å². The first-order valence-electron chi connectivity index (χ1n) is 8.36. The van der Waals surface area contributed by atoms with Crippen LogP contribution in [0.2, 0.25) is 0 Å². The van der Waals surface area contributed by atoms with Gasteiger partial charge in [-0.15, -0.1) is 0 Å². The van der Waals surface area contributed by atoms with Gasteiger partial charge in [-0.25, -0.2) is 4.79 Å². The minimum absolute atomic E-state index is 0.244. The van der Waals surface area contributed by atoms with E-state index in [0.717, 1.165) is 0 Å². The second-order valence-corrected chi connectivity index (χ2v) is 6.80. The van der Waals surface area contributed by atoms with E-state index in [1.807, 2.05) is 6.26 Å². The summed E-state index contributed by atoms with van der Waals surface area (Å²) in [4.78, 5) is 57.5. The van der Waals surface area contributed by atoms with Crippen LogP contribution in [0.25, 0.3) is 0 Å². The number of aliphatic hydroxyl groups excluding tert-OH is 1. The van der Waals surface area contributed by atoms with Crippen LogP contribution in [0, 0.1) is 0 Å². The van der Waals surface area contributed by atoms with Gasteiger partial charge >= 0.3 is 5.97 Å². The van der Waals surface area contributed by atoms with Crippen molar-refractivity contribution in [2.24, 2.45) is 11.5 Å². The van der Waals surface area contributed by atoms with Crippen molar-refractivity contribution in [1.82, 2.24) is 16.0 Å². The Balaban J connectivity index is 4.58. The molecule has 0 aromatic rings. The molecular weight excluding hydrogens is 394 g/mol. The van der Waals surface area contributed by atoms with Crippen molar-refractivity contribution >= 4 is 41.4 Å². The van der Waals surface area contributed by atoms with Gasteiger partial charge in [-0.05, 0) is 24.9 Å². The minimum atomic E-state index is -1.44. The average Bonchev–Trinajstić information content (AvgIpc) is 2.64. The smallest absolute Gasteiger partial charge is 0.326 e. The maximum absolute atomic E-state index is 12.1. The summed E-state index contributed by atoms with van der Waals surface area (Å²) in [5.41, 5.74) is 10.6. The molecule has 0 aliphatic rings. The molecule has 12 nitrogen and oxygen atoms in total. The van der Waals surface area contributed by atoms with Gasteiger partial charge in [-0.2, -0.15) is 11.8 Å². The zero-order valence-electron chi connectivity index (χ0n) is 15.5. The number of primary amides is 1. The fourth-order valence-electron chi connectivity index (χ4n) is 1.93. The average molecular weight is 421 g/mol. The first-order chi connectivity index (χ1) is 13.1. The number of rotatable bonds is 14. The number of aliphatic hydroxyl groups is 1. The van der Waals surface area contributed by atoms with E-state index in [1.54, 1.807) is 0 Å². The summed E-state index contributed by atoms with van der Waals surface area (Å²) < 4.78 is 0. The Morgan fingerprint density at radius 1 is 1.04 bits per heavy atom. The lowest BCUT2D eigenvalue weighted by Crippen LogP contribution is -2.55. The summed E-state index contributed by atoms with van der Waals surface area (Å²) in [6.07, 6.45) is 1.78. The Morgan fingerprint density at radius 2 is 1.68 bits per heavy atom. The summed E-state index contributed by atoms with van der Waals surface area (Å²) in [5, 5.41) is 24.9. The number of amides is 4. The molecule has 0 aromatic heterocycles. The van der Waals surface area contributed by atoms with Crippen LogP contribution in [0.1, 0.15) is 19.3 Å². The van der Waals surface area contributed by atoms with Crippen LogP contribution in [0.4, 0.5) is 0 Å². The fourth-order valence-corrected chi connectivity index (χ4v) is 2.42. The first kappa shape index (κ1) is 25.6. The molecular formula is C15H27N5O7S. The molecule has 0 bridgehead atoms. The lowest BCUT2D eigenvalue weighted by atomic mass is 10.1. The molecule has 0 radical (unpaired) electrons. The number of carbonyl (C=O) groups is 5. The zero-order chi connectivity index (χ0) is 21.7. The second-order valence-electron chi connectivity index (χ2n) is 5.81. The number of thioether (sulfide) groups is 1. The van der Waals surface area contributed by atoms with Gasteiger partial charge in [0.25, 0.3) is 0 Å². The third-order valence-corrected chi connectivity index (χ3v) is 4.17. The molecule has 160 valence electrons. The van der Waals surface area contributed by atoms with Crippen molar-refractivity contribution in [3.63, 3.8) is 0 Å². The normalized spacial score (nSPS) is 13.7. The summed E-state index contributed by atoms with van der Waals surface area (Å²) in [6.45, 7) is -1.28. The molecule has 28 heavy (non-hydrogen) atoms. The largest absolute Gasteiger partial charge is 0.480 e. The Labute approximate surface area is 166 Å². The number of hydrogen-bond acceptors (Lipinski definition) is 8. The molecule has 0 aliphatic carbocycles. The van der Waals surface area contributed by atoms with E-state index in [2.05, 4.69) is 16.0 Å². The summed E-state index contributed by atoms with van der Waals surface area (Å²) in [6, 6.07) is -3.64. The molecule has 0 heterocycles. The minimum Gasteiger partial charge on any atom is -0.480 e. The summed E-state index contributed by atoms with van der Waals surface area (Å²) >= 11 is 1.52. The molecule has 9 N–H and O–H groups in total. The van der Waals surface area contributed by atoms with E-state index in [4.69, 9.17) is 16.6 Å². The molecule has 0 saturated carbocycles. The lowest BCUT2D eigenvalue weighted by molar-refractivity contribution is -0.142. The van der Waals surface area contributed by atoms with Crippen LogP contribution < -0.4 is 27.4 Å².